The standard InChI is InChI=1S/C21H24ClF3N6O2/c1-13(28-19-26-3-4-27-19)18-10-17-11-30(5-2-6-31(17)29-18)20(32)33-12-14-7-15(21(23,24)25)9-16(22)8-14/h7-10,13H,2-6,11-12H2,1H3,(H2,26,27,28). The number of aromatic nitrogens is 2. The lowest BCUT2D eigenvalue weighted by atomic mass is 10.1. The molecule has 2 aliphatic heterocycles. The predicted molar refractivity (Wildman–Crippen MR) is 116 cm³/mol. The lowest BCUT2D eigenvalue weighted by Gasteiger charge is -2.20. The second-order valence-electron chi connectivity index (χ2n) is 7.98. The van der Waals surface area contributed by atoms with E-state index in [2.05, 4.69) is 20.7 Å². The number of nitrogens with zero attached hydrogens (tertiary/aromatic N) is 4. The third-order valence-corrected chi connectivity index (χ3v) is 5.63. The van der Waals surface area contributed by atoms with Crippen LogP contribution in [-0.2, 0) is 30.6 Å². The van der Waals surface area contributed by atoms with Crippen molar-refractivity contribution in [3.63, 3.8) is 0 Å². The van der Waals surface area contributed by atoms with Crippen LogP contribution in [0.5, 0.6) is 0 Å². The number of rotatable bonds is 4. The van der Waals surface area contributed by atoms with Gasteiger partial charge in [-0.1, -0.05) is 11.6 Å². The zero-order chi connectivity index (χ0) is 23.6. The first-order valence-corrected chi connectivity index (χ1v) is 11.0. The molecular formula is C21H24ClF3N6O2. The summed E-state index contributed by atoms with van der Waals surface area (Å²) in [7, 11) is 0. The highest BCUT2D eigenvalue weighted by Crippen LogP contribution is 2.32. The highest BCUT2D eigenvalue weighted by atomic mass is 35.5. The highest BCUT2D eigenvalue weighted by Gasteiger charge is 2.31. The summed E-state index contributed by atoms with van der Waals surface area (Å²) >= 11 is 5.80. The molecule has 1 aromatic carbocycles. The van der Waals surface area contributed by atoms with Crippen LogP contribution in [0.15, 0.2) is 29.3 Å². The van der Waals surface area contributed by atoms with Gasteiger partial charge in [0.2, 0.25) is 0 Å². The fraction of sp³-hybridized carbons (Fsp3) is 0.476. The number of alkyl halides is 3. The Balaban J connectivity index is 1.39. The van der Waals surface area contributed by atoms with E-state index in [0.717, 1.165) is 42.6 Å². The Labute approximate surface area is 193 Å². The van der Waals surface area contributed by atoms with Crippen LogP contribution in [0.25, 0.3) is 0 Å². The first kappa shape index (κ1) is 23.2. The van der Waals surface area contributed by atoms with Crippen molar-refractivity contribution in [1.29, 1.82) is 0 Å². The summed E-state index contributed by atoms with van der Waals surface area (Å²) in [6.07, 6.45) is -4.46. The van der Waals surface area contributed by atoms with Gasteiger partial charge in [-0.15, -0.1) is 0 Å². The predicted octanol–water partition coefficient (Wildman–Crippen LogP) is 3.71. The maximum atomic E-state index is 13.0. The number of hydrogen-bond acceptors (Lipinski definition) is 6. The topological polar surface area (TPSA) is 83.8 Å². The molecule has 0 saturated heterocycles. The van der Waals surface area contributed by atoms with E-state index in [1.165, 1.54) is 11.0 Å². The lowest BCUT2D eigenvalue weighted by Crippen LogP contribution is -2.35. The van der Waals surface area contributed by atoms with E-state index < -0.39 is 17.8 Å². The van der Waals surface area contributed by atoms with Crippen LogP contribution in [0.4, 0.5) is 18.0 Å². The van der Waals surface area contributed by atoms with E-state index >= 15 is 0 Å². The second-order valence-corrected chi connectivity index (χ2v) is 8.42. The third kappa shape index (κ3) is 5.70. The number of nitrogens with one attached hydrogen (secondary N) is 2. The van der Waals surface area contributed by atoms with E-state index in [1.54, 1.807) is 0 Å². The summed E-state index contributed by atoms with van der Waals surface area (Å²) in [4.78, 5) is 18.5. The molecule has 0 bridgehead atoms. The zero-order valence-corrected chi connectivity index (χ0v) is 18.7. The molecule has 1 amide bonds. The molecule has 0 fully saturated rings. The number of guanidine groups is 1. The maximum absolute atomic E-state index is 13.0. The summed E-state index contributed by atoms with van der Waals surface area (Å²) < 4.78 is 46.2. The molecule has 1 aromatic heterocycles. The number of ether oxygens (including phenoxy) is 1. The summed E-state index contributed by atoms with van der Waals surface area (Å²) in [5.41, 5.74) is 0.981. The number of aryl methyl sites for hydroxylation is 1. The SMILES string of the molecule is CC(NC1=NCCN1)c1cc2n(n1)CCCN(C(=O)OCc1cc(Cl)cc(C(F)(F)F)c1)C2. The minimum atomic E-state index is -4.53. The summed E-state index contributed by atoms with van der Waals surface area (Å²) in [6, 6.07) is 4.99. The molecule has 0 spiro atoms. The lowest BCUT2D eigenvalue weighted by molar-refractivity contribution is -0.137. The third-order valence-electron chi connectivity index (χ3n) is 5.41. The van der Waals surface area contributed by atoms with Crippen LogP contribution in [-0.4, -0.2) is 46.4 Å². The fourth-order valence-electron chi connectivity index (χ4n) is 3.76. The Bertz CT molecular complexity index is 1060. The smallest absolute Gasteiger partial charge is 0.416 e. The molecule has 2 N–H and O–H groups in total. The Kier molecular flexibility index (Phi) is 6.68. The van der Waals surface area contributed by atoms with Crippen molar-refractivity contribution >= 4 is 23.7 Å². The average Bonchev–Trinajstić information content (AvgIpc) is 3.36. The van der Waals surface area contributed by atoms with Crippen LogP contribution in [0.1, 0.15) is 41.9 Å². The molecule has 2 aliphatic rings. The number of benzene rings is 1. The van der Waals surface area contributed by atoms with Gasteiger partial charge in [-0.05, 0) is 43.2 Å². The molecule has 0 aliphatic carbocycles. The van der Waals surface area contributed by atoms with Gasteiger partial charge >= 0.3 is 12.3 Å². The number of carbonyl (C=O) groups excluding carboxylic acids is 1. The van der Waals surface area contributed by atoms with Gasteiger partial charge < -0.3 is 20.3 Å². The molecule has 2 aromatic rings. The van der Waals surface area contributed by atoms with E-state index in [1.807, 2.05) is 17.7 Å². The van der Waals surface area contributed by atoms with Gasteiger partial charge in [0, 0.05) is 24.7 Å². The number of fused-ring (bicyclic) bond motifs is 1. The zero-order valence-electron chi connectivity index (χ0n) is 18.0. The number of aliphatic imine (C=N–C) groups is 1. The maximum Gasteiger partial charge on any atom is 0.416 e. The number of carbonyl (C=O) groups is 1. The van der Waals surface area contributed by atoms with Crippen LogP contribution in [0, 0.1) is 0 Å². The molecular weight excluding hydrogens is 461 g/mol. The first-order chi connectivity index (χ1) is 15.7. The Morgan fingerprint density at radius 3 is 2.85 bits per heavy atom. The van der Waals surface area contributed by atoms with E-state index in [4.69, 9.17) is 16.3 Å². The number of hydrogen-bond donors (Lipinski definition) is 2. The Morgan fingerprint density at radius 2 is 2.12 bits per heavy atom. The Morgan fingerprint density at radius 1 is 1.30 bits per heavy atom. The monoisotopic (exact) mass is 484 g/mol. The quantitative estimate of drug-likeness (QED) is 0.691. The van der Waals surface area contributed by atoms with Crippen molar-refractivity contribution in [3.8, 4) is 0 Å². The molecule has 1 atom stereocenters. The highest BCUT2D eigenvalue weighted by molar-refractivity contribution is 6.30. The summed E-state index contributed by atoms with van der Waals surface area (Å²) in [6.45, 7) is 4.61. The minimum Gasteiger partial charge on any atom is -0.445 e. The first-order valence-electron chi connectivity index (χ1n) is 10.6. The van der Waals surface area contributed by atoms with Crippen molar-refractivity contribution in [2.24, 2.45) is 4.99 Å². The second kappa shape index (κ2) is 9.50. The van der Waals surface area contributed by atoms with E-state index in [9.17, 15) is 18.0 Å². The molecule has 33 heavy (non-hydrogen) atoms. The number of amides is 1. The van der Waals surface area contributed by atoms with Crippen LogP contribution in [0.2, 0.25) is 5.02 Å². The summed E-state index contributed by atoms with van der Waals surface area (Å²) in [5.74, 6) is 0.741. The molecule has 178 valence electrons. The van der Waals surface area contributed by atoms with E-state index in [0.29, 0.717) is 26.1 Å². The van der Waals surface area contributed by atoms with Gasteiger partial charge in [0.1, 0.15) is 6.61 Å². The normalized spacial score (nSPS) is 17.0. The minimum absolute atomic E-state index is 0.0661. The van der Waals surface area contributed by atoms with Gasteiger partial charge in [-0.25, -0.2) is 4.79 Å². The molecule has 4 rings (SSSR count). The largest absolute Gasteiger partial charge is 0.445 e. The van der Waals surface area contributed by atoms with Crippen molar-refractivity contribution in [2.45, 2.75) is 45.3 Å². The molecule has 0 radical (unpaired) electrons. The van der Waals surface area contributed by atoms with Gasteiger partial charge in [-0.2, -0.15) is 18.3 Å². The van der Waals surface area contributed by atoms with Crippen LogP contribution in [0.3, 0.4) is 0 Å². The molecule has 12 heteroatoms. The number of halogens is 4. The van der Waals surface area contributed by atoms with Crippen LogP contribution < -0.4 is 10.6 Å². The van der Waals surface area contributed by atoms with Gasteiger partial charge in [0.25, 0.3) is 0 Å². The Hall–Kier alpha value is -2.95. The van der Waals surface area contributed by atoms with Gasteiger partial charge in [0.05, 0.1) is 36.1 Å². The van der Waals surface area contributed by atoms with Gasteiger partial charge in [0.15, 0.2) is 5.96 Å². The van der Waals surface area contributed by atoms with Crippen molar-refractivity contribution < 1.29 is 22.7 Å². The molecule has 1 unspecified atom stereocenters. The van der Waals surface area contributed by atoms with E-state index in [-0.39, 0.29) is 23.2 Å². The van der Waals surface area contributed by atoms with Crippen molar-refractivity contribution in [2.75, 3.05) is 19.6 Å². The fourth-order valence-corrected chi connectivity index (χ4v) is 4.02. The molecule has 8 nitrogen and oxygen atoms in total. The van der Waals surface area contributed by atoms with Crippen LogP contribution >= 0.6 is 11.6 Å². The van der Waals surface area contributed by atoms with Crippen molar-refractivity contribution in [3.05, 3.63) is 51.8 Å². The molecule has 0 saturated carbocycles. The molecule has 3 heterocycles. The summed E-state index contributed by atoms with van der Waals surface area (Å²) in [5, 5.41) is 11.0. The van der Waals surface area contributed by atoms with Crippen molar-refractivity contribution in [1.82, 2.24) is 25.3 Å². The average molecular weight is 485 g/mol. The van der Waals surface area contributed by atoms with Gasteiger partial charge in [-0.3, -0.25) is 9.67 Å².